The zero-order chi connectivity index (χ0) is 21.8. The minimum Gasteiger partial charge on any atom is -0.376 e. The maximum absolute atomic E-state index is 6.67. The Kier molecular flexibility index (Phi) is 6.78. The highest BCUT2D eigenvalue weighted by atomic mass is 35.5. The molecule has 0 amide bonds. The number of aromatic nitrogens is 4. The number of rotatable bonds is 7. The molecule has 3 heterocycles. The maximum Gasteiger partial charge on any atom is 0.173 e. The molecule has 2 fully saturated rings. The van der Waals surface area contributed by atoms with Gasteiger partial charge in [-0.3, -0.25) is 9.80 Å². The first-order valence-corrected chi connectivity index (χ1v) is 11.8. The number of hydrogen-bond donors (Lipinski definition) is 0. The number of benzene rings is 2. The second kappa shape index (κ2) is 10.1. The lowest BCUT2D eigenvalue weighted by Crippen LogP contribution is -2.48. The first-order valence-electron chi connectivity index (χ1n) is 11.4. The van der Waals surface area contributed by atoms with Crippen molar-refractivity contribution >= 4 is 11.6 Å². The van der Waals surface area contributed by atoms with Crippen LogP contribution in [-0.2, 0) is 17.8 Å². The van der Waals surface area contributed by atoms with E-state index in [2.05, 4.69) is 61.7 Å². The van der Waals surface area contributed by atoms with Crippen molar-refractivity contribution in [3.8, 4) is 0 Å². The van der Waals surface area contributed by atoms with Gasteiger partial charge in [-0.1, -0.05) is 60.1 Å². The summed E-state index contributed by atoms with van der Waals surface area (Å²) in [5.74, 6) is 0.838. The van der Waals surface area contributed by atoms with Crippen LogP contribution in [0.3, 0.4) is 0 Å². The summed E-state index contributed by atoms with van der Waals surface area (Å²) >= 11 is 6.67. The third-order valence-corrected chi connectivity index (χ3v) is 6.77. The van der Waals surface area contributed by atoms with Gasteiger partial charge in [0.05, 0.1) is 18.7 Å². The van der Waals surface area contributed by atoms with Crippen LogP contribution in [0.4, 0.5) is 0 Å². The molecule has 5 rings (SSSR count). The van der Waals surface area contributed by atoms with Gasteiger partial charge in [0.1, 0.15) is 0 Å². The number of hydrogen-bond acceptors (Lipinski definition) is 6. The molecule has 168 valence electrons. The van der Waals surface area contributed by atoms with Crippen LogP contribution in [0.2, 0.25) is 5.02 Å². The molecule has 32 heavy (non-hydrogen) atoms. The summed E-state index contributed by atoms with van der Waals surface area (Å²) in [6.45, 7) is 6.30. The Morgan fingerprint density at radius 2 is 1.78 bits per heavy atom. The molecule has 0 spiro atoms. The van der Waals surface area contributed by atoms with E-state index in [0.717, 1.165) is 68.6 Å². The molecule has 0 aliphatic carbocycles. The second-order valence-corrected chi connectivity index (χ2v) is 8.98. The van der Waals surface area contributed by atoms with Crippen LogP contribution < -0.4 is 0 Å². The van der Waals surface area contributed by atoms with Gasteiger partial charge in [-0.25, -0.2) is 4.68 Å². The van der Waals surface area contributed by atoms with E-state index < -0.39 is 0 Å². The van der Waals surface area contributed by atoms with Crippen molar-refractivity contribution in [3.63, 3.8) is 0 Å². The van der Waals surface area contributed by atoms with Gasteiger partial charge in [0.25, 0.3) is 0 Å². The largest absolute Gasteiger partial charge is 0.376 e. The Morgan fingerprint density at radius 3 is 2.53 bits per heavy atom. The van der Waals surface area contributed by atoms with Crippen LogP contribution >= 0.6 is 11.6 Å². The lowest BCUT2D eigenvalue weighted by atomic mass is 10.0. The number of piperazine rings is 1. The van der Waals surface area contributed by atoms with Crippen molar-refractivity contribution in [2.45, 2.75) is 38.1 Å². The number of halogens is 1. The highest BCUT2D eigenvalue weighted by Crippen LogP contribution is 2.33. The smallest absolute Gasteiger partial charge is 0.173 e. The Morgan fingerprint density at radius 1 is 1.00 bits per heavy atom. The molecule has 2 atom stereocenters. The average molecular weight is 453 g/mol. The zero-order valence-corrected chi connectivity index (χ0v) is 18.9. The zero-order valence-electron chi connectivity index (χ0n) is 18.2. The first-order chi connectivity index (χ1) is 15.8. The Labute approximate surface area is 193 Å². The van der Waals surface area contributed by atoms with Gasteiger partial charge in [-0.15, -0.1) is 5.10 Å². The summed E-state index contributed by atoms with van der Waals surface area (Å²) in [4.78, 5) is 4.96. The Balaban J connectivity index is 1.36. The summed E-state index contributed by atoms with van der Waals surface area (Å²) in [7, 11) is 0. The fourth-order valence-corrected chi connectivity index (χ4v) is 4.97. The predicted molar refractivity (Wildman–Crippen MR) is 123 cm³/mol. The van der Waals surface area contributed by atoms with Crippen molar-refractivity contribution in [1.82, 2.24) is 30.0 Å². The second-order valence-electron chi connectivity index (χ2n) is 8.58. The van der Waals surface area contributed by atoms with Gasteiger partial charge < -0.3 is 4.74 Å². The molecule has 2 aromatic carbocycles. The molecule has 0 unspecified atom stereocenters. The minimum atomic E-state index is -0.0843. The van der Waals surface area contributed by atoms with Crippen molar-refractivity contribution in [3.05, 3.63) is 76.6 Å². The number of ether oxygens (including phenoxy) is 1. The molecule has 7 nitrogen and oxygen atoms in total. The fourth-order valence-electron chi connectivity index (χ4n) is 4.74. The van der Waals surface area contributed by atoms with E-state index in [0.29, 0.717) is 6.54 Å². The summed E-state index contributed by atoms with van der Waals surface area (Å²) in [5, 5.41) is 13.6. The van der Waals surface area contributed by atoms with Gasteiger partial charge >= 0.3 is 0 Å². The lowest BCUT2D eigenvalue weighted by Gasteiger charge is -2.39. The fraction of sp³-hybridized carbons (Fsp3) is 0.458. The summed E-state index contributed by atoms with van der Waals surface area (Å²) in [5.41, 5.74) is 2.40. The molecule has 3 aromatic rings. The van der Waals surface area contributed by atoms with Gasteiger partial charge in [0.2, 0.25) is 0 Å². The van der Waals surface area contributed by atoms with E-state index in [9.17, 15) is 0 Å². The van der Waals surface area contributed by atoms with Crippen LogP contribution in [0.15, 0.2) is 54.6 Å². The van der Waals surface area contributed by atoms with E-state index in [1.165, 1.54) is 5.56 Å². The first kappa shape index (κ1) is 21.5. The summed E-state index contributed by atoms with van der Waals surface area (Å²) in [6, 6.07) is 18.6. The maximum atomic E-state index is 6.67. The number of tetrazole rings is 1. The van der Waals surface area contributed by atoms with Crippen LogP contribution in [0.1, 0.15) is 35.8 Å². The molecule has 8 heteroatoms. The SMILES string of the molecule is Clc1ccccc1[C@H](c1nnnn1C[C@H]1CCCO1)N1CCN(Cc2ccccc2)CC1. The van der Waals surface area contributed by atoms with Crippen LogP contribution in [-0.4, -0.2) is 68.9 Å². The Bertz CT molecular complexity index is 998. The van der Waals surface area contributed by atoms with Gasteiger partial charge in [-0.2, -0.15) is 0 Å². The molecule has 2 saturated heterocycles. The normalized spacial score (nSPS) is 21.1. The van der Waals surface area contributed by atoms with Gasteiger partial charge in [-0.05, 0) is 40.5 Å². The van der Waals surface area contributed by atoms with Gasteiger partial charge in [0.15, 0.2) is 5.82 Å². The van der Waals surface area contributed by atoms with Crippen molar-refractivity contribution in [2.75, 3.05) is 32.8 Å². The third kappa shape index (κ3) is 4.86. The van der Waals surface area contributed by atoms with E-state index >= 15 is 0 Å². The van der Waals surface area contributed by atoms with Crippen LogP contribution in [0.25, 0.3) is 0 Å². The van der Waals surface area contributed by atoms with E-state index in [1.54, 1.807) is 0 Å². The Hall–Kier alpha value is -2.32. The van der Waals surface area contributed by atoms with Crippen molar-refractivity contribution in [1.29, 1.82) is 0 Å². The molecular weight excluding hydrogens is 424 g/mol. The summed E-state index contributed by atoms with van der Waals surface area (Å²) in [6.07, 6.45) is 2.32. The van der Waals surface area contributed by atoms with Crippen LogP contribution in [0.5, 0.6) is 0 Å². The molecule has 2 aliphatic heterocycles. The van der Waals surface area contributed by atoms with Crippen molar-refractivity contribution < 1.29 is 4.74 Å². The standard InChI is InChI=1S/C24H29ClN6O/c25-22-11-5-4-10-21(22)23(24-26-27-28-31(24)18-20-9-6-16-32-20)30-14-12-29(13-15-30)17-19-7-2-1-3-8-19/h1-5,7-8,10-11,20,23H,6,9,12-18H2/t20-,23-/m1/s1. The third-order valence-electron chi connectivity index (χ3n) is 6.43. The molecule has 0 radical (unpaired) electrons. The molecular formula is C24H29ClN6O. The van der Waals surface area contributed by atoms with Gasteiger partial charge in [0, 0.05) is 44.4 Å². The predicted octanol–water partition coefficient (Wildman–Crippen LogP) is 3.41. The monoisotopic (exact) mass is 452 g/mol. The quantitative estimate of drug-likeness (QED) is 0.547. The minimum absolute atomic E-state index is 0.0843. The van der Waals surface area contributed by atoms with E-state index in [4.69, 9.17) is 16.3 Å². The highest BCUT2D eigenvalue weighted by Gasteiger charge is 2.32. The number of nitrogens with zero attached hydrogens (tertiary/aromatic N) is 6. The molecule has 0 saturated carbocycles. The average Bonchev–Trinajstić information content (AvgIpc) is 3.50. The molecule has 0 N–H and O–H groups in total. The molecule has 0 bridgehead atoms. The van der Waals surface area contributed by atoms with E-state index in [-0.39, 0.29) is 12.1 Å². The topological polar surface area (TPSA) is 59.3 Å². The molecule has 1 aromatic heterocycles. The highest BCUT2D eigenvalue weighted by molar-refractivity contribution is 6.31. The van der Waals surface area contributed by atoms with Crippen LogP contribution in [0, 0.1) is 0 Å². The van der Waals surface area contributed by atoms with E-state index in [1.807, 2.05) is 22.9 Å². The lowest BCUT2D eigenvalue weighted by molar-refractivity contribution is 0.0842. The summed E-state index contributed by atoms with van der Waals surface area (Å²) < 4.78 is 7.76. The van der Waals surface area contributed by atoms with Crippen molar-refractivity contribution in [2.24, 2.45) is 0 Å². The molecule has 2 aliphatic rings.